The molecule has 30 heavy (non-hydrogen) atoms. The van der Waals surface area contributed by atoms with Crippen molar-refractivity contribution in [3.63, 3.8) is 0 Å². The minimum absolute atomic E-state index is 0.404. The average Bonchev–Trinajstić information content (AvgIpc) is 3.15. The Kier molecular flexibility index (Phi) is 5.76. The summed E-state index contributed by atoms with van der Waals surface area (Å²) in [5.41, 5.74) is 4.71. The molecule has 0 atom stereocenters. The summed E-state index contributed by atoms with van der Waals surface area (Å²) in [6.45, 7) is 2.57. The monoisotopic (exact) mass is 419 g/mol. The molecular weight excluding hydrogens is 398 g/mol. The molecule has 0 amide bonds. The Morgan fingerprint density at radius 3 is 2.70 bits per heavy atom. The molecule has 2 N–H and O–H groups in total. The van der Waals surface area contributed by atoms with E-state index in [1.165, 1.54) is 0 Å². The molecule has 4 rings (SSSR count). The molecule has 4 aromatic rings. The van der Waals surface area contributed by atoms with Crippen LogP contribution in [0.15, 0.2) is 65.8 Å². The van der Waals surface area contributed by atoms with Gasteiger partial charge in [-0.1, -0.05) is 30.3 Å². The number of ether oxygens (including phenoxy) is 2. The van der Waals surface area contributed by atoms with Gasteiger partial charge in [0.1, 0.15) is 11.5 Å². The predicted octanol–water partition coefficient (Wildman–Crippen LogP) is 4.75. The number of benzene rings is 3. The van der Waals surface area contributed by atoms with E-state index in [9.17, 15) is 0 Å². The molecule has 3 aromatic carbocycles. The Labute approximate surface area is 178 Å². The van der Waals surface area contributed by atoms with Crippen molar-refractivity contribution >= 4 is 29.2 Å². The van der Waals surface area contributed by atoms with Gasteiger partial charge in [-0.3, -0.25) is 0 Å². The maximum Gasteiger partial charge on any atom is 0.216 e. The SMILES string of the molecule is CCOc1ccc(-c2n[nH]c(=S)n2NN=Cc2c(OC)ccc3ccccc23)cc1. The summed E-state index contributed by atoms with van der Waals surface area (Å²) in [4.78, 5) is 0. The Balaban J connectivity index is 1.64. The number of rotatable bonds is 7. The highest BCUT2D eigenvalue weighted by Gasteiger charge is 2.09. The third kappa shape index (κ3) is 3.90. The van der Waals surface area contributed by atoms with Gasteiger partial charge in [-0.05, 0) is 60.2 Å². The van der Waals surface area contributed by atoms with Crippen molar-refractivity contribution in [1.82, 2.24) is 14.9 Å². The number of nitrogens with one attached hydrogen (secondary N) is 2. The molecule has 0 spiro atoms. The highest BCUT2D eigenvalue weighted by molar-refractivity contribution is 7.71. The van der Waals surface area contributed by atoms with Gasteiger partial charge in [-0.15, -0.1) is 0 Å². The van der Waals surface area contributed by atoms with E-state index in [0.717, 1.165) is 33.4 Å². The van der Waals surface area contributed by atoms with Gasteiger partial charge in [0.2, 0.25) is 4.77 Å². The van der Waals surface area contributed by atoms with Crippen LogP contribution in [0.2, 0.25) is 0 Å². The molecule has 0 aliphatic heterocycles. The Bertz CT molecular complexity index is 1240. The average molecular weight is 420 g/mol. The fourth-order valence-corrected chi connectivity index (χ4v) is 3.36. The van der Waals surface area contributed by atoms with Gasteiger partial charge in [-0.2, -0.15) is 14.9 Å². The van der Waals surface area contributed by atoms with E-state index in [1.54, 1.807) is 18.0 Å². The first-order valence-corrected chi connectivity index (χ1v) is 9.87. The lowest BCUT2D eigenvalue weighted by Gasteiger charge is -2.09. The molecule has 0 fully saturated rings. The molecule has 0 radical (unpaired) electrons. The van der Waals surface area contributed by atoms with Crippen LogP contribution in [0.3, 0.4) is 0 Å². The number of nitrogens with zero attached hydrogens (tertiary/aromatic N) is 3. The van der Waals surface area contributed by atoms with Crippen LogP contribution in [0.25, 0.3) is 22.2 Å². The van der Waals surface area contributed by atoms with Gasteiger partial charge < -0.3 is 9.47 Å². The second-order valence-electron chi connectivity index (χ2n) is 6.41. The predicted molar refractivity (Wildman–Crippen MR) is 121 cm³/mol. The molecule has 152 valence electrons. The minimum atomic E-state index is 0.404. The second kappa shape index (κ2) is 8.79. The van der Waals surface area contributed by atoms with Crippen molar-refractivity contribution in [3.05, 3.63) is 71.0 Å². The zero-order valence-electron chi connectivity index (χ0n) is 16.6. The van der Waals surface area contributed by atoms with Crippen LogP contribution < -0.4 is 15.0 Å². The lowest BCUT2D eigenvalue weighted by Crippen LogP contribution is -2.11. The lowest BCUT2D eigenvalue weighted by molar-refractivity contribution is 0.340. The van der Waals surface area contributed by atoms with E-state index in [-0.39, 0.29) is 0 Å². The summed E-state index contributed by atoms with van der Waals surface area (Å²) < 4.78 is 13.0. The van der Waals surface area contributed by atoms with Crippen molar-refractivity contribution in [1.29, 1.82) is 0 Å². The molecule has 0 bridgehead atoms. The van der Waals surface area contributed by atoms with E-state index < -0.39 is 0 Å². The van der Waals surface area contributed by atoms with Crippen LogP contribution in [0.5, 0.6) is 11.5 Å². The first kappa shape index (κ1) is 19.7. The second-order valence-corrected chi connectivity index (χ2v) is 6.79. The maximum atomic E-state index is 5.51. The largest absolute Gasteiger partial charge is 0.496 e. The van der Waals surface area contributed by atoms with Crippen molar-refractivity contribution < 1.29 is 9.47 Å². The zero-order chi connectivity index (χ0) is 20.9. The van der Waals surface area contributed by atoms with Crippen LogP contribution >= 0.6 is 12.2 Å². The van der Waals surface area contributed by atoms with E-state index in [1.807, 2.05) is 61.5 Å². The highest BCUT2D eigenvalue weighted by Crippen LogP contribution is 2.26. The third-order valence-corrected chi connectivity index (χ3v) is 4.87. The van der Waals surface area contributed by atoms with Crippen molar-refractivity contribution in [2.75, 3.05) is 19.3 Å². The fraction of sp³-hybridized carbons (Fsp3) is 0.136. The molecule has 0 unspecified atom stereocenters. The number of hydrogen-bond donors (Lipinski definition) is 2. The van der Waals surface area contributed by atoms with Crippen molar-refractivity contribution in [2.45, 2.75) is 6.92 Å². The van der Waals surface area contributed by atoms with Crippen LogP contribution in [0.1, 0.15) is 12.5 Å². The quantitative estimate of drug-likeness (QED) is 0.257. The number of fused-ring (bicyclic) bond motifs is 1. The number of aromatic amines is 1. The standard InChI is InChI=1S/C22H21N5O2S/c1-3-29-17-11-8-16(9-12-17)21-24-25-22(30)27(21)26-23-14-19-18-7-5-4-6-15(18)10-13-20(19)28-2/h4-14,26H,3H2,1-2H3,(H,25,30). The summed E-state index contributed by atoms with van der Waals surface area (Å²) in [7, 11) is 1.64. The van der Waals surface area contributed by atoms with Crippen LogP contribution in [-0.4, -0.2) is 34.8 Å². The lowest BCUT2D eigenvalue weighted by atomic mass is 10.0. The summed E-state index contributed by atoms with van der Waals surface area (Å²) in [5, 5.41) is 13.7. The van der Waals surface area contributed by atoms with Crippen LogP contribution in [0.4, 0.5) is 0 Å². The van der Waals surface area contributed by atoms with E-state index in [2.05, 4.69) is 26.9 Å². The van der Waals surface area contributed by atoms with Crippen LogP contribution in [0, 0.1) is 4.77 Å². The molecular formula is C22H21N5O2S. The first-order valence-electron chi connectivity index (χ1n) is 9.46. The molecule has 0 saturated heterocycles. The van der Waals surface area contributed by atoms with Gasteiger partial charge in [0.05, 0.1) is 19.9 Å². The maximum absolute atomic E-state index is 5.51. The van der Waals surface area contributed by atoms with E-state index in [4.69, 9.17) is 21.7 Å². The van der Waals surface area contributed by atoms with Crippen molar-refractivity contribution in [2.24, 2.45) is 5.10 Å². The van der Waals surface area contributed by atoms with Gasteiger partial charge in [0.25, 0.3) is 0 Å². The Morgan fingerprint density at radius 1 is 1.13 bits per heavy atom. The van der Waals surface area contributed by atoms with E-state index >= 15 is 0 Å². The molecule has 8 heteroatoms. The van der Waals surface area contributed by atoms with Crippen LogP contribution in [-0.2, 0) is 0 Å². The normalized spacial score (nSPS) is 11.1. The first-order chi connectivity index (χ1) is 14.7. The van der Waals surface area contributed by atoms with E-state index in [0.29, 0.717) is 17.2 Å². The van der Waals surface area contributed by atoms with Gasteiger partial charge in [-0.25, -0.2) is 10.6 Å². The van der Waals surface area contributed by atoms with Gasteiger partial charge >= 0.3 is 0 Å². The molecule has 7 nitrogen and oxygen atoms in total. The van der Waals surface area contributed by atoms with Gasteiger partial charge in [0.15, 0.2) is 5.82 Å². The molecule has 0 aliphatic rings. The Hall–Kier alpha value is -3.65. The smallest absolute Gasteiger partial charge is 0.216 e. The molecule has 1 heterocycles. The van der Waals surface area contributed by atoms with Gasteiger partial charge in [0, 0.05) is 11.1 Å². The number of hydrogen-bond acceptors (Lipinski definition) is 6. The molecule has 0 saturated carbocycles. The number of aromatic nitrogens is 3. The number of H-pyrrole nitrogens is 1. The van der Waals surface area contributed by atoms with Crippen molar-refractivity contribution in [3.8, 4) is 22.9 Å². The summed E-state index contributed by atoms with van der Waals surface area (Å²) in [5.74, 6) is 2.16. The number of methoxy groups -OCH3 is 1. The minimum Gasteiger partial charge on any atom is -0.496 e. The zero-order valence-corrected chi connectivity index (χ0v) is 17.4. The summed E-state index contributed by atoms with van der Waals surface area (Å²) >= 11 is 5.36. The summed E-state index contributed by atoms with van der Waals surface area (Å²) in [6.07, 6.45) is 1.72. The topological polar surface area (TPSA) is 76.5 Å². The molecule has 0 aliphatic carbocycles. The highest BCUT2D eigenvalue weighted by atomic mass is 32.1. The number of hydrazone groups is 1. The fourth-order valence-electron chi connectivity index (χ4n) is 3.19. The summed E-state index contributed by atoms with van der Waals surface area (Å²) in [6, 6.07) is 19.7. The Morgan fingerprint density at radius 2 is 1.93 bits per heavy atom. The third-order valence-electron chi connectivity index (χ3n) is 4.60. The molecule has 1 aromatic heterocycles.